The van der Waals surface area contributed by atoms with Gasteiger partial charge >= 0.3 is 6.36 Å². The molecule has 0 unspecified atom stereocenters. The van der Waals surface area contributed by atoms with Crippen LogP contribution >= 0.6 is 0 Å². The van der Waals surface area contributed by atoms with Gasteiger partial charge in [-0.1, -0.05) is 6.07 Å². The Hall–Kier alpha value is -2.80. The molecule has 1 saturated heterocycles. The summed E-state index contributed by atoms with van der Waals surface area (Å²) in [4.78, 5) is 14.2. The average Bonchev–Trinajstić information content (AvgIpc) is 2.81. The predicted octanol–water partition coefficient (Wildman–Crippen LogP) is 4.10. The molecular weight excluding hydrogens is 535 g/mol. The van der Waals surface area contributed by atoms with Gasteiger partial charge in [0.05, 0.1) is 16.8 Å². The lowest BCUT2D eigenvalue weighted by molar-refractivity contribution is -0.274. The predicted molar refractivity (Wildman–Crippen MR) is 129 cm³/mol. The normalized spacial score (nSPS) is 15.9. The summed E-state index contributed by atoms with van der Waals surface area (Å²) in [6.45, 7) is 3.48. The molecule has 3 rings (SSSR count). The second-order valence-electron chi connectivity index (χ2n) is 9.33. The third-order valence-corrected chi connectivity index (χ3v) is 10.3. The Bertz CT molecular complexity index is 1380. The van der Waals surface area contributed by atoms with Crippen LogP contribution in [-0.2, 0) is 19.7 Å². The molecule has 2 aromatic carbocycles. The highest BCUT2D eigenvalue weighted by Gasteiger charge is 2.44. The first-order valence-corrected chi connectivity index (χ1v) is 14.6. The van der Waals surface area contributed by atoms with Crippen LogP contribution in [0.1, 0.15) is 37.0 Å². The van der Waals surface area contributed by atoms with Gasteiger partial charge in [-0.3, -0.25) is 4.79 Å². The van der Waals surface area contributed by atoms with Crippen LogP contribution in [0.4, 0.5) is 13.2 Å². The third kappa shape index (κ3) is 6.20. The molecule has 0 atom stereocenters. The SMILES string of the molecule is COc1ccc(C(=O)N2CCC(C(C)(C)S(=O)(=O)c3cccc(OC(F)(F)F)c3)CC2)cc1S(C)(=O)=O. The van der Waals surface area contributed by atoms with Crippen molar-refractivity contribution in [2.75, 3.05) is 26.5 Å². The maximum atomic E-state index is 13.4. The summed E-state index contributed by atoms with van der Waals surface area (Å²) in [6.07, 6.45) is -3.29. The van der Waals surface area contributed by atoms with Crippen molar-refractivity contribution >= 4 is 25.6 Å². The lowest BCUT2D eigenvalue weighted by Crippen LogP contribution is -2.47. The fraction of sp³-hybridized carbons (Fsp3) is 0.458. The van der Waals surface area contributed by atoms with Crippen molar-refractivity contribution in [2.45, 2.75) is 47.6 Å². The van der Waals surface area contributed by atoms with Crippen molar-refractivity contribution in [1.29, 1.82) is 0 Å². The minimum absolute atomic E-state index is 0.111. The highest BCUT2D eigenvalue weighted by Crippen LogP contribution is 2.39. The number of alkyl halides is 3. The number of methoxy groups -OCH3 is 1. The Kier molecular flexibility index (Phi) is 7.90. The molecule has 0 radical (unpaired) electrons. The highest BCUT2D eigenvalue weighted by atomic mass is 32.2. The van der Waals surface area contributed by atoms with Crippen LogP contribution in [0.15, 0.2) is 52.3 Å². The van der Waals surface area contributed by atoms with Crippen molar-refractivity contribution < 1.29 is 44.3 Å². The second kappa shape index (κ2) is 10.2. The number of hydrogen-bond donors (Lipinski definition) is 0. The van der Waals surface area contributed by atoms with Gasteiger partial charge in [0.25, 0.3) is 5.91 Å². The Labute approximate surface area is 214 Å². The second-order valence-corrected chi connectivity index (χ2v) is 13.8. The Morgan fingerprint density at radius 1 is 1.00 bits per heavy atom. The van der Waals surface area contributed by atoms with E-state index in [9.17, 15) is 34.8 Å². The van der Waals surface area contributed by atoms with E-state index < -0.39 is 48.4 Å². The lowest BCUT2D eigenvalue weighted by atomic mass is 9.85. The molecule has 0 spiro atoms. The van der Waals surface area contributed by atoms with Gasteiger partial charge in [-0.2, -0.15) is 0 Å². The van der Waals surface area contributed by atoms with Gasteiger partial charge in [0.1, 0.15) is 16.4 Å². The molecule has 1 amide bonds. The van der Waals surface area contributed by atoms with E-state index in [0.717, 1.165) is 18.4 Å². The molecule has 1 heterocycles. The molecule has 0 N–H and O–H groups in total. The van der Waals surface area contributed by atoms with Gasteiger partial charge in [0.15, 0.2) is 19.7 Å². The molecule has 0 saturated carbocycles. The number of piperidine rings is 1. The number of halogens is 3. The summed E-state index contributed by atoms with van der Waals surface area (Å²) in [5.41, 5.74) is 0.160. The summed E-state index contributed by atoms with van der Waals surface area (Å²) < 4.78 is 96.4. The number of benzene rings is 2. The van der Waals surface area contributed by atoms with Crippen LogP contribution in [0.3, 0.4) is 0 Å². The molecule has 204 valence electrons. The van der Waals surface area contributed by atoms with E-state index in [1.54, 1.807) is 0 Å². The van der Waals surface area contributed by atoms with Crippen LogP contribution < -0.4 is 9.47 Å². The topological polar surface area (TPSA) is 107 Å². The van der Waals surface area contributed by atoms with Crippen LogP contribution in [0.5, 0.6) is 11.5 Å². The van der Waals surface area contributed by atoms with E-state index in [2.05, 4.69) is 4.74 Å². The zero-order chi connectivity index (χ0) is 27.8. The monoisotopic (exact) mass is 563 g/mol. The number of amides is 1. The molecule has 2 aromatic rings. The molecule has 1 fully saturated rings. The van der Waals surface area contributed by atoms with Crippen LogP contribution in [-0.4, -0.2) is 65.2 Å². The quantitative estimate of drug-likeness (QED) is 0.499. The van der Waals surface area contributed by atoms with Crippen LogP contribution in [0.2, 0.25) is 0 Å². The number of likely N-dealkylation sites (tertiary alicyclic amines) is 1. The summed E-state index contributed by atoms with van der Waals surface area (Å²) in [5, 5.41) is 0. The number of carbonyl (C=O) groups excluding carboxylic acids is 1. The molecule has 37 heavy (non-hydrogen) atoms. The lowest BCUT2D eigenvalue weighted by Gasteiger charge is -2.40. The molecule has 0 aliphatic carbocycles. The Balaban J connectivity index is 1.77. The number of nitrogens with zero attached hydrogens (tertiary/aromatic N) is 1. The molecule has 8 nitrogen and oxygen atoms in total. The largest absolute Gasteiger partial charge is 0.573 e. The summed E-state index contributed by atoms with van der Waals surface area (Å²) in [6, 6.07) is 8.42. The Morgan fingerprint density at radius 3 is 2.16 bits per heavy atom. The molecule has 1 aliphatic rings. The first kappa shape index (κ1) is 28.8. The van der Waals surface area contributed by atoms with E-state index in [4.69, 9.17) is 4.74 Å². The van der Waals surface area contributed by atoms with Gasteiger partial charge in [0.2, 0.25) is 0 Å². The number of hydrogen-bond acceptors (Lipinski definition) is 7. The maximum Gasteiger partial charge on any atom is 0.573 e. The van der Waals surface area contributed by atoms with Crippen molar-refractivity contribution in [3.8, 4) is 11.5 Å². The molecule has 1 aliphatic heterocycles. The summed E-state index contributed by atoms with van der Waals surface area (Å²) >= 11 is 0. The van der Waals surface area contributed by atoms with Gasteiger partial charge in [0, 0.05) is 24.9 Å². The van der Waals surface area contributed by atoms with Crippen molar-refractivity contribution in [1.82, 2.24) is 4.90 Å². The minimum atomic E-state index is -4.96. The zero-order valence-electron chi connectivity index (χ0n) is 20.7. The van der Waals surface area contributed by atoms with E-state index in [-0.39, 0.29) is 34.2 Å². The van der Waals surface area contributed by atoms with Gasteiger partial charge in [-0.25, -0.2) is 16.8 Å². The number of sulfone groups is 2. The highest BCUT2D eigenvalue weighted by molar-refractivity contribution is 7.92. The van der Waals surface area contributed by atoms with Crippen LogP contribution in [0.25, 0.3) is 0 Å². The van der Waals surface area contributed by atoms with E-state index >= 15 is 0 Å². The number of carbonyl (C=O) groups is 1. The Morgan fingerprint density at radius 2 is 1.62 bits per heavy atom. The van der Waals surface area contributed by atoms with E-state index in [1.807, 2.05) is 0 Å². The van der Waals surface area contributed by atoms with E-state index in [0.29, 0.717) is 12.8 Å². The van der Waals surface area contributed by atoms with Gasteiger partial charge in [-0.15, -0.1) is 13.2 Å². The molecular formula is C24H28F3NO7S2. The molecule has 0 bridgehead atoms. The third-order valence-electron chi connectivity index (χ3n) is 6.62. The van der Waals surface area contributed by atoms with Gasteiger partial charge in [-0.05, 0) is 69.0 Å². The summed E-state index contributed by atoms with van der Waals surface area (Å²) in [5.74, 6) is -1.30. The maximum absolute atomic E-state index is 13.4. The smallest absolute Gasteiger partial charge is 0.495 e. The summed E-state index contributed by atoms with van der Waals surface area (Å²) in [7, 11) is -6.39. The number of ether oxygens (including phenoxy) is 2. The van der Waals surface area contributed by atoms with Crippen molar-refractivity contribution in [3.05, 3.63) is 48.0 Å². The fourth-order valence-corrected chi connectivity index (χ4v) is 7.09. The first-order chi connectivity index (χ1) is 17.0. The van der Waals surface area contributed by atoms with Crippen molar-refractivity contribution in [2.24, 2.45) is 5.92 Å². The van der Waals surface area contributed by atoms with E-state index in [1.165, 1.54) is 56.2 Å². The minimum Gasteiger partial charge on any atom is -0.495 e. The molecule has 0 aromatic heterocycles. The first-order valence-electron chi connectivity index (χ1n) is 11.2. The van der Waals surface area contributed by atoms with Crippen molar-refractivity contribution in [3.63, 3.8) is 0 Å². The van der Waals surface area contributed by atoms with Crippen LogP contribution in [0, 0.1) is 5.92 Å². The number of rotatable bonds is 7. The zero-order valence-corrected chi connectivity index (χ0v) is 22.3. The standard InChI is InChI=1S/C24H28F3NO7S2/c1-23(2,37(32,33)19-7-5-6-18(15-19)35-24(25,26)27)17-10-12-28(13-11-17)22(29)16-8-9-20(34-3)21(14-16)36(4,30)31/h5-9,14-15,17H,10-13H2,1-4H3. The molecule has 13 heteroatoms. The fourth-order valence-electron chi connectivity index (χ4n) is 4.42. The van der Waals surface area contributed by atoms with Gasteiger partial charge < -0.3 is 14.4 Å². The average molecular weight is 564 g/mol.